The van der Waals surface area contributed by atoms with Crippen LogP contribution >= 0.6 is 0 Å². The van der Waals surface area contributed by atoms with E-state index in [-0.39, 0.29) is 28.7 Å². The maximum Gasteiger partial charge on any atom is 0.255 e. The topological polar surface area (TPSA) is 145 Å². The van der Waals surface area contributed by atoms with E-state index in [4.69, 9.17) is 19.6 Å². The van der Waals surface area contributed by atoms with E-state index in [0.717, 1.165) is 44.6 Å². The second-order valence-electron chi connectivity index (χ2n) is 11.1. The average molecular weight is 556 g/mol. The van der Waals surface area contributed by atoms with Gasteiger partial charge in [0.2, 0.25) is 5.88 Å². The molecule has 2 amide bonds. The number of carbonyl (C=O) groups is 2. The number of sulfonamides is 1. The maximum absolute atomic E-state index is 13.6. The number of carbonyl (C=O) groups excluding carboxylic acids is 2. The first-order chi connectivity index (χ1) is 18.7. The van der Waals surface area contributed by atoms with Crippen LogP contribution in [0.3, 0.4) is 0 Å². The first-order valence-corrected chi connectivity index (χ1v) is 15.1. The third-order valence-corrected chi connectivity index (χ3v) is 9.03. The number of likely N-dealkylation sites (tertiary alicyclic amines) is 2. The quantitative estimate of drug-likeness (QED) is 0.543. The van der Waals surface area contributed by atoms with Gasteiger partial charge in [-0.2, -0.15) is 0 Å². The van der Waals surface area contributed by atoms with E-state index in [1.807, 2.05) is 11.0 Å². The van der Waals surface area contributed by atoms with Crippen LogP contribution in [-0.4, -0.2) is 86.0 Å². The van der Waals surface area contributed by atoms with Gasteiger partial charge in [0.1, 0.15) is 0 Å². The second kappa shape index (κ2) is 10.5. The Balaban J connectivity index is 1.09. The minimum atomic E-state index is -3.92. The number of nitrogens with two attached hydrogens (primary N) is 1. The molecule has 3 saturated heterocycles. The lowest BCUT2D eigenvalue weighted by molar-refractivity contribution is 0.0490. The first-order valence-electron chi connectivity index (χ1n) is 13.5. The van der Waals surface area contributed by atoms with Gasteiger partial charge in [0.25, 0.3) is 21.8 Å². The molecule has 1 aliphatic carbocycles. The SMILES string of the molecule is NS(=O)(=O)c1ccc(C(=O)N2C[C@@H]3CN(C(=O)c4cc(OCC5CCOCC5)nc(C5CC5)c4)C[C@H]3C2)cn1. The lowest BCUT2D eigenvalue weighted by Crippen LogP contribution is -2.35. The molecule has 3 aliphatic heterocycles. The van der Waals surface area contributed by atoms with Gasteiger partial charge in [-0.05, 0) is 49.8 Å². The molecule has 5 heterocycles. The fraction of sp³-hybridized carbons (Fsp3) is 0.556. The minimum Gasteiger partial charge on any atom is -0.477 e. The zero-order valence-electron chi connectivity index (χ0n) is 21.7. The standard InChI is InChI=1S/C27H33N5O6S/c28-39(35,36)25-4-3-19(11-29-25)26(33)31-12-21-14-32(15-22(21)13-31)27(34)20-9-23(18-1-2-18)30-24(10-20)38-16-17-5-7-37-8-6-17/h3-4,9-11,17-18,21-22H,1-2,5-8,12-16H2,(H2,28,35,36)/t21-,22-/m1/s1. The number of hydrogen-bond acceptors (Lipinski definition) is 8. The van der Waals surface area contributed by atoms with Crippen LogP contribution in [0.15, 0.2) is 35.5 Å². The molecule has 12 heteroatoms. The van der Waals surface area contributed by atoms with E-state index in [2.05, 4.69) is 4.98 Å². The van der Waals surface area contributed by atoms with Crippen molar-refractivity contribution in [2.75, 3.05) is 46.0 Å². The zero-order valence-corrected chi connectivity index (χ0v) is 22.5. The Labute approximate surface area is 227 Å². The van der Waals surface area contributed by atoms with E-state index in [0.29, 0.717) is 61.6 Å². The van der Waals surface area contributed by atoms with E-state index in [1.165, 1.54) is 18.3 Å². The largest absolute Gasteiger partial charge is 0.477 e. The molecule has 2 N–H and O–H groups in total. The Kier molecular flexibility index (Phi) is 7.02. The van der Waals surface area contributed by atoms with Gasteiger partial charge in [-0.25, -0.2) is 23.5 Å². The number of primary sulfonamides is 1. The normalized spacial score (nSPS) is 23.6. The highest BCUT2D eigenvalue weighted by molar-refractivity contribution is 7.89. The first kappa shape index (κ1) is 26.1. The Morgan fingerprint density at radius 2 is 1.59 bits per heavy atom. The predicted octanol–water partition coefficient (Wildman–Crippen LogP) is 1.65. The Hall–Kier alpha value is -3.09. The molecule has 4 fully saturated rings. The predicted molar refractivity (Wildman–Crippen MR) is 140 cm³/mol. The van der Waals surface area contributed by atoms with Crippen molar-refractivity contribution in [3.63, 3.8) is 0 Å². The average Bonchev–Trinajstić information content (AvgIpc) is 3.61. The van der Waals surface area contributed by atoms with Gasteiger partial charge in [-0.15, -0.1) is 0 Å². The molecule has 2 aromatic rings. The lowest BCUT2D eigenvalue weighted by Gasteiger charge is -2.23. The van der Waals surface area contributed by atoms with Crippen LogP contribution in [0.2, 0.25) is 0 Å². The molecular formula is C27H33N5O6S. The van der Waals surface area contributed by atoms with Gasteiger partial charge >= 0.3 is 0 Å². The number of fused-ring (bicyclic) bond motifs is 1. The van der Waals surface area contributed by atoms with Crippen LogP contribution < -0.4 is 9.88 Å². The number of pyridine rings is 2. The molecule has 208 valence electrons. The lowest BCUT2D eigenvalue weighted by atomic mass is 10.0. The monoisotopic (exact) mass is 555 g/mol. The Bertz CT molecular complexity index is 1340. The molecule has 2 aromatic heterocycles. The highest BCUT2D eigenvalue weighted by atomic mass is 32.2. The summed E-state index contributed by atoms with van der Waals surface area (Å²) in [5.74, 6) is 1.50. The van der Waals surface area contributed by atoms with Crippen LogP contribution in [-0.2, 0) is 14.8 Å². The molecule has 4 aliphatic rings. The second-order valence-corrected chi connectivity index (χ2v) is 12.6. The van der Waals surface area contributed by atoms with Crippen LogP contribution in [0.4, 0.5) is 0 Å². The van der Waals surface area contributed by atoms with Crippen LogP contribution in [0.25, 0.3) is 0 Å². The third-order valence-electron chi connectivity index (χ3n) is 8.21. The molecule has 39 heavy (non-hydrogen) atoms. The van der Waals surface area contributed by atoms with Gasteiger partial charge < -0.3 is 19.3 Å². The highest BCUT2D eigenvalue weighted by Gasteiger charge is 2.43. The van der Waals surface area contributed by atoms with Crippen molar-refractivity contribution in [1.82, 2.24) is 19.8 Å². The fourth-order valence-corrected chi connectivity index (χ4v) is 6.25. The maximum atomic E-state index is 13.6. The fourth-order valence-electron chi connectivity index (χ4n) is 5.79. The zero-order chi connectivity index (χ0) is 27.1. The summed E-state index contributed by atoms with van der Waals surface area (Å²) < 4.78 is 34.4. The molecule has 0 bridgehead atoms. The minimum absolute atomic E-state index is 0.0229. The van der Waals surface area contributed by atoms with Gasteiger partial charge in [0.05, 0.1) is 12.2 Å². The number of nitrogens with zero attached hydrogens (tertiary/aromatic N) is 4. The molecule has 2 atom stereocenters. The van der Waals surface area contributed by atoms with Crippen molar-refractivity contribution in [3.05, 3.63) is 47.3 Å². The smallest absolute Gasteiger partial charge is 0.255 e. The molecule has 6 rings (SSSR count). The summed E-state index contributed by atoms with van der Waals surface area (Å²) in [5.41, 5.74) is 1.86. The molecule has 11 nitrogen and oxygen atoms in total. The molecule has 0 radical (unpaired) electrons. The van der Waals surface area contributed by atoms with Crippen molar-refractivity contribution in [1.29, 1.82) is 0 Å². The van der Waals surface area contributed by atoms with Gasteiger partial charge in [0.15, 0.2) is 5.03 Å². The summed E-state index contributed by atoms with van der Waals surface area (Å²) in [6.45, 7) is 4.33. The van der Waals surface area contributed by atoms with E-state index in [1.54, 1.807) is 11.0 Å². The molecule has 0 aromatic carbocycles. The highest BCUT2D eigenvalue weighted by Crippen LogP contribution is 2.40. The number of ether oxygens (including phenoxy) is 2. The molecule has 1 saturated carbocycles. The van der Waals surface area contributed by atoms with Gasteiger partial charge in [0, 0.05) is 80.7 Å². The van der Waals surface area contributed by atoms with Gasteiger partial charge in [-0.1, -0.05) is 0 Å². The molecular weight excluding hydrogens is 522 g/mol. The van der Waals surface area contributed by atoms with Crippen molar-refractivity contribution in [3.8, 4) is 5.88 Å². The third kappa shape index (κ3) is 5.78. The Morgan fingerprint density at radius 3 is 2.15 bits per heavy atom. The number of aromatic nitrogens is 2. The van der Waals surface area contributed by atoms with Crippen molar-refractivity contribution >= 4 is 21.8 Å². The summed E-state index contributed by atoms with van der Waals surface area (Å²) >= 11 is 0. The number of hydrogen-bond donors (Lipinski definition) is 1. The summed E-state index contributed by atoms with van der Waals surface area (Å²) in [6, 6.07) is 6.37. The van der Waals surface area contributed by atoms with Crippen LogP contribution in [0.5, 0.6) is 5.88 Å². The number of amides is 2. The van der Waals surface area contributed by atoms with E-state index >= 15 is 0 Å². The van der Waals surface area contributed by atoms with Crippen LogP contribution in [0, 0.1) is 17.8 Å². The molecule has 0 unspecified atom stereocenters. The summed E-state index contributed by atoms with van der Waals surface area (Å²) in [7, 11) is -3.92. The van der Waals surface area contributed by atoms with Crippen molar-refractivity contribution in [2.24, 2.45) is 22.9 Å². The van der Waals surface area contributed by atoms with E-state index < -0.39 is 10.0 Å². The summed E-state index contributed by atoms with van der Waals surface area (Å²) in [4.78, 5) is 38.7. The Morgan fingerprint density at radius 1 is 0.949 bits per heavy atom. The number of rotatable bonds is 7. The summed E-state index contributed by atoms with van der Waals surface area (Å²) in [6.07, 6.45) is 5.36. The van der Waals surface area contributed by atoms with Gasteiger partial charge in [-0.3, -0.25) is 9.59 Å². The van der Waals surface area contributed by atoms with Crippen molar-refractivity contribution in [2.45, 2.75) is 36.6 Å². The van der Waals surface area contributed by atoms with Crippen molar-refractivity contribution < 1.29 is 27.5 Å². The molecule has 0 spiro atoms. The van der Waals surface area contributed by atoms with E-state index in [9.17, 15) is 18.0 Å². The van der Waals surface area contributed by atoms with Crippen LogP contribution in [0.1, 0.15) is 58.0 Å². The summed E-state index contributed by atoms with van der Waals surface area (Å²) in [5, 5.41) is 4.82.